The predicted octanol–water partition coefficient (Wildman–Crippen LogP) is 3.61. The number of rotatable bonds is 3. The fraction of sp³-hybridized carbons (Fsp3) is 0. The highest BCUT2D eigenvalue weighted by molar-refractivity contribution is 14.1. The van der Waals surface area contributed by atoms with Gasteiger partial charge in [-0.2, -0.15) is 0 Å². The average Bonchev–Trinajstić information content (AvgIpc) is 2.41. The Morgan fingerprint density at radius 3 is 2.80 bits per heavy atom. The monoisotopic (exact) mass is 447 g/mol. The predicted molar refractivity (Wildman–Crippen MR) is 85.7 cm³/mol. The van der Waals surface area contributed by atoms with Crippen LogP contribution in [0.15, 0.2) is 41.1 Å². The van der Waals surface area contributed by atoms with Crippen molar-refractivity contribution in [3.8, 4) is 0 Å². The topological polar surface area (TPSA) is 85.1 Å². The van der Waals surface area contributed by atoms with Crippen LogP contribution in [0.4, 0.5) is 11.4 Å². The number of pyridine rings is 1. The summed E-state index contributed by atoms with van der Waals surface area (Å²) < 4.78 is 1.12. The summed E-state index contributed by atoms with van der Waals surface area (Å²) in [7, 11) is 0. The first kappa shape index (κ1) is 14.9. The van der Waals surface area contributed by atoms with Crippen molar-refractivity contribution in [1.82, 2.24) is 4.98 Å². The third-order valence-electron chi connectivity index (χ3n) is 2.41. The van der Waals surface area contributed by atoms with Crippen LogP contribution >= 0.6 is 38.5 Å². The standard InChI is InChI=1S/C12H7BrIN3O3/c13-11-10(2-1-5-15-11)16-12(18)8-6-7(17(19)20)3-4-9(8)14/h1-6H,(H,16,18). The molecule has 1 aromatic heterocycles. The molecule has 0 bridgehead atoms. The third kappa shape index (κ3) is 3.31. The number of hydrogen-bond acceptors (Lipinski definition) is 4. The quantitative estimate of drug-likeness (QED) is 0.337. The van der Waals surface area contributed by atoms with Gasteiger partial charge in [-0.1, -0.05) is 0 Å². The lowest BCUT2D eigenvalue weighted by Crippen LogP contribution is -2.14. The van der Waals surface area contributed by atoms with Gasteiger partial charge in [0.25, 0.3) is 11.6 Å². The van der Waals surface area contributed by atoms with Gasteiger partial charge in [0, 0.05) is 21.9 Å². The van der Waals surface area contributed by atoms with E-state index in [1.54, 1.807) is 18.3 Å². The van der Waals surface area contributed by atoms with E-state index >= 15 is 0 Å². The van der Waals surface area contributed by atoms with Gasteiger partial charge in [0.1, 0.15) is 4.60 Å². The zero-order valence-electron chi connectivity index (χ0n) is 9.84. The molecule has 0 fully saturated rings. The number of anilines is 1. The number of halogens is 2. The Morgan fingerprint density at radius 2 is 2.15 bits per heavy atom. The van der Waals surface area contributed by atoms with Gasteiger partial charge in [0.2, 0.25) is 0 Å². The molecule has 0 aliphatic carbocycles. The number of nitrogens with zero attached hydrogens (tertiary/aromatic N) is 2. The number of non-ortho nitro benzene ring substituents is 1. The van der Waals surface area contributed by atoms with Crippen LogP contribution in [0.2, 0.25) is 0 Å². The number of carbonyl (C=O) groups is 1. The number of amides is 1. The van der Waals surface area contributed by atoms with E-state index in [0.717, 1.165) is 0 Å². The number of benzene rings is 1. The summed E-state index contributed by atoms with van der Waals surface area (Å²) in [6.07, 6.45) is 1.58. The first-order valence-electron chi connectivity index (χ1n) is 5.35. The highest BCUT2D eigenvalue weighted by Gasteiger charge is 2.16. The molecule has 0 radical (unpaired) electrons. The Bertz CT molecular complexity index is 693. The second-order valence-electron chi connectivity index (χ2n) is 3.72. The summed E-state index contributed by atoms with van der Waals surface area (Å²) in [5, 5.41) is 13.4. The Hall–Kier alpha value is -1.55. The molecule has 0 aliphatic rings. The number of aromatic nitrogens is 1. The molecule has 1 amide bonds. The molecule has 102 valence electrons. The van der Waals surface area contributed by atoms with Crippen molar-refractivity contribution in [2.45, 2.75) is 0 Å². The van der Waals surface area contributed by atoms with Crippen LogP contribution < -0.4 is 5.32 Å². The van der Waals surface area contributed by atoms with Crippen molar-refractivity contribution in [3.63, 3.8) is 0 Å². The molecule has 6 nitrogen and oxygen atoms in total. The highest BCUT2D eigenvalue weighted by Crippen LogP contribution is 2.23. The molecule has 0 unspecified atom stereocenters. The van der Waals surface area contributed by atoms with Gasteiger partial charge in [-0.25, -0.2) is 4.98 Å². The average molecular weight is 448 g/mol. The van der Waals surface area contributed by atoms with E-state index in [9.17, 15) is 14.9 Å². The molecule has 1 heterocycles. The molecule has 2 aromatic rings. The molecule has 2 rings (SSSR count). The maximum atomic E-state index is 12.2. The molecule has 8 heteroatoms. The molecule has 0 spiro atoms. The van der Waals surface area contributed by atoms with Crippen LogP contribution in [0.1, 0.15) is 10.4 Å². The Balaban J connectivity index is 2.32. The fourth-order valence-corrected chi connectivity index (χ4v) is 2.40. The van der Waals surface area contributed by atoms with E-state index in [-0.39, 0.29) is 11.3 Å². The van der Waals surface area contributed by atoms with E-state index in [2.05, 4.69) is 26.2 Å². The summed E-state index contributed by atoms with van der Waals surface area (Å²) in [4.78, 5) is 26.4. The van der Waals surface area contributed by atoms with Crippen LogP contribution in [0.3, 0.4) is 0 Å². The van der Waals surface area contributed by atoms with E-state index in [4.69, 9.17) is 0 Å². The summed E-state index contributed by atoms with van der Waals surface area (Å²) in [5.74, 6) is -0.424. The largest absolute Gasteiger partial charge is 0.320 e. The molecule has 0 saturated carbocycles. The minimum atomic E-state index is -0.535. The lowest BCUT2D eigenvalue weighted by Gasteiger charge is -2.07. The Morgan fingerprint density at radius 1 is 1.40 bits per heavy atom. The first-order valence-corrected chi connectivity index (χ1v) is 7.22. The van der Waals surface area contributed by atoms with Gasteiger partial charge in [0.05, 0.1) is 16.2 Å². The summed E-state index contributed by atoms with van der Waals surface area (Å²) in [5.41, 5.74) is 0.621. The number of carbonyl (C=O) groups excluding carboxylic acids is 1. The minimum Gasteiger partial charge on any atom is -0.320 e. The summed E-state index contributed by atoms with van der Waals surface area (Å²) >= 11 is 5.17. The normalized spacial score (nSPS) is 10.1. The second-order valence-corrected chi connectivity index (χ2v) is 5.63. The van der Waals surface area contributed by atoms with E-state index < -0.39 is 10.8 Å². The molecule has 0 atom stereocenters. The Labute approximate surface area is 136 Å². The van der Waals surface area contributed by atoms with E-state index in [1.165, 1.54) is 18.2 Å². The maximum Gasteiger partial charge on any atom is 0.270 e. The van der Waals surface area contributed by atoms with E-state index in [0.29, 0.717) is 13.9 Å². The number of nitrogens with one attached hydrogen (secondary N) is 1. The maximum absolute atomic E-state index is 12.2. The van der Waals surface area contributed by atoms with Gasteiger partial charge >= 0.3 is 0 Å². The Kier molecular flexibility index (Phi) is 4.65. The molecule has 1 N–H and O–H groups in total. The van der Waals surface area contributed by atoms with Crippen molar-refractivity contribution in [3.05, 3.63) is 60.4 Å². The molecule has 0 aliphatic heterocycles. The van der Waals surface area contributed by atoms with Crippen molar-refractivity contribution in [2.75, 3.05) is 5.32 Å². The molecular formula is C12H7BrIN3O3. The number of nitro groups is 1. The molecule has 1 aromatic carbocycles. The first-order chi connectivity index (χ1) is 9.49. The van der Waals surface area contributed by atoms with Crippen molar-refractivity contribution in [1.29, 1.82) is 0 Å². The van der Waals surface area contributed by atoms with Crippen molar-refractivity contribution in [2.24, 2.45) is 0 Å². The van der Waals surface area contributed by atoms with Gasteiger partial charge in [-0.05, 0) is 56.7 Å². The summed E-state index contributed by atoms with van der Waals surface area (Å²) in [6, 6.07) is 7.50. The summed E-state index contributed by atoms with van der Waals surface area (Å²) in [6.45, 7) is 0. The van der Waals surface area contributed by atoms with E-state index in [1.807, 2.05) is 22.6 Å². The molecule has 0 saturated heterocycles. The lowest BCUT2D eigenvalue weighted by molar-refractivity contribution is -0.384. The number of nitro benzene ring substituents is 1. The fourth-order valence-electron chi connectivity index (χ4n) is 1.47. The zero-order valence-corrected chi connectivity index (χ0v) is 13.6. The van der Waals surface area contributed by atoms with Crippen LogP contribution in [-0.4, -0.2) is 15.8 Å². The van der Waals surface area contributed by atoms with Gasteiger partial charge in [0.15, 0.2) is 0 Å². The SMILES string of the molecule is O=C(Nc1cccnc1Br)c1cc([N+](=O)[O-])ccc1I. The van der Waals surface area contributed by atoms with Gasteiger partial charge < -0.3 is 5.32 Å². The van der Waals surface area contributed by atoms with Crippen LogP contribution in [0, 0.1) is 13.7 Å². The minimum absolute atomic E-state index is 0.124. The van der Waals surface area contributed by atoms with Gasteiger partial charge in [-0.15, -0.1) is 0 Å². The smallest absolute Gasteiger partial charge is 0.270 e. The van der Waals surface area contributed by atoms with Crippen LogP contribution in [0.5, 0.6) is 0 Å². The van der Waals surface area contributed by atoms with Crippen molar-refractivity contribution < 1.29 is 9.72 Å². The van der Waals surface area contributed by atoms with Gasteiger partial charge in [-0.3, -0.25) is 14.9 Å². The third-order valence-corrected chi connectivity index (χ3v) is 3.99. The second kappa shape index (κ2) is 6.27. The van der Waals surface area contributed by atoms with Crippen LogP contribution in [-0.2, 0) is 0 Å². The highest BCUT2D eigenvalue weighted by atomic mass is 127. The molecule has 20 heavy (non-hydrogen) atoms. The zero-order chi connectivity index (χ0) is 14.7. The number of hydrogen-bond donors (Lipinski definition) is 1. The van der Waals surface area contributed by atoms with Crippen LogP contribution in [0.25, 0.3) is 0 Å². The van der Waals surface area contributed by atoms with Crippen molar-refractivity contribution >= 4 is 55.8 Å². The lowest BCUT2D eigenvalue weighted by atomic mass is 10.2. The molecular weight excluding hydrogens is 441 g/mol.